The Kier molecular flexibility index (Phi) is 7.78. The first-order valence-corrected chi connectivity index (χ1v) is 11.0. The molecule has 0 saturated heterocycles. The van der Waals surface area contributed by atoms with Crippen LogP contribution in [0.25, 0.3) is 10.8 Å². The first kappa shape index (κ1) is 23.1. The molecule has 3 aromatic carbocycles. The van der Waals surface area contributed by atoms with Crippen molar-refractivity contribution in [2.24, 2.45) is 0 Å². The molecule has 0 saturated carbocycles. The second-order valence-corrected chi connectivity index (χ2v) is 9.33. The van der Waals surface area contributed by atoms with Gasteiger partial charge < -0.3 is 15.2 Å². The predicted octanol–water partition coefficient (Wildman–Crippen LogP) is 6.20. The number of hydrogen-bond acceptors (Lipinski definition) is 3. The largest absolute Gasteiger partial charge is 0.389 e. The number of benzene rings is 3. The van der Waals surface area contributed by atoms with E-state index in [9.17, 15) is 5.11 Å². The first-order chi connectivity index (χ1) is 14.2. The van der Waals surface area contributed by atoms with E-state index in [1.54, 1.807) is 6.07 Å². The Morgan fingerprint density at radius 2 is 1.63 bits per heavy atom. The third-order valence-electron chi connectivity index (χ3n) is 5.17. The number of aliphatic hydroxyl groups excluding tert-OH is 1. The summed E-state index contributed by atoms with van der Waals surface area (Å²) in [7, 11) is 0. The number of β-amino-alcohol motifs (C(OH)–C–C–N with tert-alkyl or cyclic N) is 1. The smallest absolute Gasteiger partial charge is 0.0898 e. The molecule has 0 fully saturated rings. The zero-order chi connectivity index (χ0) is 21.7. The molecule has 3 nitrogen and oxygen atoms in total. The van der Waals surface area contributed by atoms with Gasteiger partial charge in [0.1, 0.15) is 0 Å². The van der Waals surface area contributed by atoms with Gasteiger partial charge in [-0.25, -0.2) is 0 Å². The maximum atomic E-state index is 10.4. The molecule has 0 heterocycles. The highest BCUT2D eigenvalue weighted by Crippen LogP contribution is 2.25. The summed E-state index contributed by atoms with van der Waals surface area (Å²) >= 11 is 12.1. The van der Waals surface area contributed by atoms with Crippen molar-refractivity contribution in [3.05, 3.63) is 81.8 Å². The minimum absolute atomic E-state index is 0.157. The van der Waals surface area contributed by atoms with Gasteiger partial charge in [-0.2, -0.15) is 0 Å². The topological polar surface area (TPSA) is 41.5 Å². The molecular formula is C25H29Cl2NO2. The third kappa shape index (κ3) is 6.69. The van der Waals surface area contributed by atoms with Crippen molar-refractivity contribution >= 4 is 34.0 Å². The van der Waals surface area contributed by atoms with E-state index in [0.717, 1.165) is 12.0 Å². The van der Waals surface area contributed by atoms with Gasteiger partial charge in [-0.05, 0) is 67.3 Å². The van der Waals surface area contributed by atoms with Crippen LogP contribution in [0.5, 0.6) is 0 Å². The highest BCUT2D eigenvalue weighted by Gasteiger charge is 2.20. The zero-order valence-corrected chi connectivity index (χ0v) is 19.2. The average molecular weight is 446 g/mol. The van der Waals surface area contributed by atoms with E-state index in [-0.39, 0.29) is 18.2 Å². The Hall–Kier alpha value is -1.62. The van der Waals surface area contributed by atoms with Crippen molar-refractivity contribution in [1.29, 1.82) is 0 Å². The van der Waals surface area contributed by atoms with Crippen LogP contribution in [0.15, 0.2) is 60.7 Å². The number of rotatable bonds is 9. The molecule has 2 N–H and O–H groups in total. The number of halogens is 2. The Bertz CT molecular complexity index is 970. The second kappa shape index (κ2) is 10.1. The maximum absolute atomic E-state index is 10.4. The Morgan fingerprint density at radius 1 is 0.967 bits per heavy atom. The molecule has 3 aromatic rings. The molecule has 2 atom stereocenters. The molecule has 0 aliphatic heterocycles. The lowest BCUT2D eigenvalue weighted by molar-refractivity contribution is -0.00417. The Morgan fingerprint density at radius 3 is 2.33 bits per heavy atom. The summed E-state index contributed by atoms with van der Waals surface area (Å²) in [5, 5.41) is 17.5. The molecule has 0 radical (unpaired) electrons. The van der Waals surface area contributed by atoms with Crippen LogP contribution < -0.4 is 5.32 Å². The van der Waals surface area contributed by atoms with Crippen LogP contribution in [0.3, 0.4) is 0 Å². The number of nitrogens with one attached hydrogen (secondary N) is 1. The molecule has 0 aromatic heterocycles. The molecule has 5 heteroatoms. The fraction of sp³-hybridized carbons (Fsp3) is 0.360. The molecular weight excluding hydrogens is 417 g/mol. The lowest BCUT2D eigenvalue weighted by Crippen LogP contribution is -2.46. The van der Waals surface area contributed by atoms with E-state index in [2.05, 4.69) is 61.6 Å². The van der Waals surface area contributed by atoms with Crippen molar-refractivity contribution in [2.45, 2.75) is 44.9 Å². The van der Waals surface area contributed by atoms with Crippen molar-refractivity contribution in [3.8, 4) is 0 Å². The van der Waals surface area contributed by atoms with E-state index in [1.807, 2.05) is 19.1 Å². The molecule has 160 valence electrons. The van der Waals surface area contributed by atoms with Gasteiger partial charge in [0.2, 0.25) is 0 Å². The zero-order valence-electron chi connectivity index (χ0n) is 17.7. The van der Waals surface area contributed by atoms with E-state index in [1.165, 1.54) is 16.3 Å². The molecule has 0 aliphatic rings. The molecule has 0 amide bonds. The summed E-state index contributed by atoms with van der Waals surface area (Å²) in [4.78, 5) is 0. The van der Waals surface area contributed by atoms with E-state index < -0.39 is 6.10 Å². The molecule has 2 unspecified atom stereocenters. The lowest BCUT2D eigenvalue weighted by atomic mass is 9.93. The SMILES string of the molecule is CC(OCC(O)CNC(C)(C)Cc1ccc2ccccc2c1)c1cc(Cl)cc(Cl)c1. The van der Waals surface area contributed by atoms with Crippen LogP contribution in [0.1, 0.15) is 38.0 Å². The van der Waals surface area contributed by atoms with Crippen molar-refractivity contribution in [1.82, 2.24) is 5.32 Å². The number of hydrogen-bond donors (Lipinski definition) is 2. The summed E-state index contributed by atoms with van der Waals surface area (Å²) in [5.41, 5.74) is 2.00. The molecule has 3 rings (SSSR count). The maximum Gasteiger partial charge on any atom is 0.0898 e. The third-order valence-corrected chi connectivity index (χ3v) is 5.61. The van der Waals surface area contributed by atoms with Gasteiger partial charge in [-0.3, -0.25) is 0 Å². The number of aliphatic hydroxyl groups is 1. The van der Waals surface area contributed by atoms with Gasteiger partial charge in [0.15, 0.2) is 0 Å². The van der Waals surface area contributed by atoms with Crippen LogP contribution in [0, 0.1) is 0 Å². The van der Waals surface area contributed by atoms with Gasteiger partial charge in [0, 0.05) is 22.1 Å². The second-order valence-electron chi connectivity index (χ2n) is 8.46. The van der Waals surface area contributed by atoms with Crippen LogP contribution >= 0.6 is 23.2 Å². The normalized spacial score (nSPS) is 14.1. The molecule has 0 aliphatic carbocycles. The Balaban J connectivity index is 1.49. The highest BCUT2D eigenvalue weighted by molar-refractivity contribution is 6.34. The highest BCUT2D eigenvalue weighted by atomic mass is 35.5. The number of fused-ring (bicyclic) bond motifs is 1. The summed E-state index contributed by atoms with van der Waals surface area (Å²) < 4.78 is 5.82. The predicted molar refractivity (Wildman–Crippen MR) is 127 cm³/mol. The van der Waals surface area contributed by atoms with Crippen LogP contribution in [0.2, 0.25) is 10.0 Å². The molecule has 0 bridgehead atoms. The van der Waals surface area contributed by atoms with Gasteiger partial charge in [-0.1, -0.05) is 65.7 Å². The molecule has 30 heavy (non-hydrogen) atoms. The standard InChI is InChI=1S/C25H29Cl2NO2/c1-17(21-11-22(26)13-23(27)12-21)30-16-24(29)15-28-25(2,3)14-18-8-9-19-6-4-5-7-20(19)10-18/h4-13,17,24,28-29H,14-16H2,1-3H3. The van der Waals surface area contributed by atoms with Gasteiger partial charge in [0.05, 0.1) is 18.8 Å². The Labute approximate surface area is 189 Å². The fourth-order valence-electron chi connectivity index (χ4n) is 3.54. The van der Waals surface area contributed by atoms with Crippen molar-refractivity contribution in [2.75, 3.05) is 13.2 Å². The van der Waals surface area contributed by atoms with Gasteiger partial charge in [0.25, 0.3) is 0 Å². The summed E-state index contributed by atoms with van der Waals surface area (Å²) in [6, 6.07) is 20.3. The van der Waals surface area contributed by atoms with Crippen LogP contribution in [0.4, 0.5) is 0 Å². The number of ether oxygens (including phenoxy) is 1. The van der Waals surface area contributed by atoms with Gasteiger partial charge >= 0.3 is 0 Å². The minimum atomic E-state index is -0.613. The van der Waals surface area contributed by atoms with Crippen molar-refractivity contribution < 1.29 is 9.84 Å². The van der Waals surface area contributed by atoms with E-state index >= 15 is 0 Å². The molecule has 0 spiro atoms. The van der Waals surface area contributed by atoms with Gasteiger partial charge in [-0.15, -0.1) is 0 Å². The van der Waals surface area contributed by atoms with Crippen molar-refractivity contribution in [3.63, 3.8) is 0 Å². The van der Waals surface area contributed by atoms with E-state index in [4.69, 9.17) is 27.9 Å². The first-order valence-electron chi connectivity index (χ1n) is 10.2. The van der Waals surface area contributed by atoms with E-state index in [0.29, 0.717) is 16.6 Å². The minimum Gasteiger partial charge on any atom is -0.389 e. The summed E-state index contributed by atoms with van der Waals surface area (Å²) in [6.45, 7) is 6.89. The monoisotopic (exact) mass is 445 g/mol. The fourth-order valence-corrected chi connectivity index (χ4v) is 4.08. The quantitative estimate of drug-likeness (QED) is 0.412. The summed E-state index contributed by atoms with van der Waals surface area (Å²) in [5.74, 6) is 0. The summed E-state index contributed by atoms with van der Waals surface area (Å²) in [6.07, 6.45) is 0.0440. The average Bonchev–Trinajstić information content (AvgIpc) is 2.69. The lowest BCUT2D eigenvalue weighted by Gasteiger charge is -2.28. The van der Waals surface area contributed by atoms with Crippen LogP contribution in [-0.2, 0) is 11.2 Å². The van der Waals surface area contributed by atoms with Crippen LogP contribution in [-0.4, -0.2) is 29.9 Å².